The number of amidine groups is 1. The Labute approximate surface area is 128 Å². The molecule has 1 aromatic rings. The molecular formula is C15H21N3O4. The van der Waals surface area contributed by atoms with E-state index in [1.165, 1.54) is 0 Å². The molecule has 0 aliphatic carbocycles. The van der Waals surface area contributed by atoms with Crippen molar-refractivity contribution in [2.75, 3.05) is 0 Å². The van der Waals surface area contributed by atoms with Crippen LogP contribution >= 0.6 is 0 Å². The van der Waals surface area contributed by atoms with Crippen LogP contribution in [0, 0.1) is 5.92 Å². The number of aliphatic imine (C=N–C) groups is 1. The number of amides is 1. The summed E-state index contributed by atoms with van der Waals surface area (Å²) in [5.41, 5.74) is 0.197. The first-order valence-electron chi connectivity index (χ1n) is 6.93. The summed E-state index contributed by atoms with van der Waals surface area (Å²) in [7, 11) is 0. The number of aromatic carboxylic acids is 1. The fraction of sp³-hybridized carbons (Fsp3) is 0.467. The molecule has 0 radical (unpaired) electrons. The Kier molecular flexibility index (Phi) is 5.03. The van der Waals surface area contributed by atoms with E-state index >= 15 is 0 Å². The van der Waals surface area contributed by atoms with Gasteiger partial charge in [-0.1, -0.05) is 20.8 Å². The van der Waals surface area contributed by atoms with Crippen LogP contribution in [0.4, 0.5) is 0 Å². The van der Waals surface area contributed by atoms with Crippen LogP contribution in [0.5, 0.6) is 0 Å². The Balaban J connectivity index is 0.00000242. The Hall–Kier alpha value is -2.28. The lowest BCUT2D eigenvalue weighted by Crippen LogP contribution is -2.41. The van der Waals surface area contributed by atoms with E-state index in [-0.39, 0.29) is 34.4 Å². The maximum absolute atomic E-state index is 12.1. The highest BCUT2D eigenvalue weighted by Crippen LogP contribution is 2.27. The van der Waals surface area contributed by atoms with Crippen LogP contribution in [-0.2, 0) is 11.2 Å². The highest BCUT2D eigenvalue weighted by Gasteiger charge is 2.43. The number of hydrogen-bond acceptors (Lipinski definition) is 4. The minimum absolute atomic E-state index is 0. The fourth-order valence-corrected chi connectivity index (χ4v) is 2.10. The number of carboxylic acid groups (broad SMARTS) is 1. The van der Waals surface area contributed by atoms with Crippen LogP contribution in [0.2, 0.25) is 0 Å². The summed E-state index contributed by atoms with van der Waals surface area (Å²) in [6.07, 6.45) is 2.30. The first-order chi connectivity index (χ1) is 9.79. The highest BCUT2D eigenvalue weighted by molar-refractivity contribution is 6.17. The second-order valence-corrected chi connectivity index (χ2v) is 5.62. The predicted octanol–water partition coefficient (Wildman–Crippen LogP) is 0.809. The van der Waals surface area contributed by atoms with Gasteiger partial charge in [0.15, 0.2) is 5.84 Å². The van der Waals surface area contributed by atoms with Crippen LogP contribution in [0.15, 0.2) is 17.3 Å². The van der Waals surface area contributed by atoms with Gasteiger partial charge >= 0.3 is 5.97 Å². The van der Waals surface area contributed by atoms with Crippen LogP contribution in [-0.4, -0.2) is 38.8 Å². The third kappa shape index (κ3) is 2.85. The maximum atomic E-state index is 12.1. The third-order valence-corrected chi connectivity index (χ3v) is 3.97. The summed E-state index contributed by atoms with van der Waals surface area (Å²) in [5.74, 6) is -1.08. The summed E-state index contributed by atoms with van der Waals surface area (Å²) in [5, 5.41) is 12.0. The van der Waals surface area contributed by atoms with E-state index in [1.807, 2.05) is 20.8 Å². The van der Waals surface area contributed by atoms with Gasteiger partial charge in [0.25, 0.3) is 5.91 Å². The van der Waals surface area contributed by atoms with Gasteiger partial charge in [-0.15, -0.1) is 0 Å². The monoisotopic (exact) mass is 307 g/mol. The van der Waals surface area contributed by atoms with Gasteiger partial charge in [0, 0.05) is 6.20 Å². The lowest BCUT2D eigenvalue weighted by atomic mass is 9.89. The molecule has 2 rings (SSSR count). The smallest absolute Gasteiger partial charge is 0.338 e. The third-order valence-electron chi connectivity index (χ3n) is 3.97. The van der Waals surface area contributed by atoms with Crippen molar-refractivity contribution >= 4 is 17.7 Å². The average Bonchev–Trinajstić information content (AvgIpc) is 2.75. The van der Waals surface area contributed by atoms with Gasteiger partial charge in [0.05, 0.1) is 5.56 Å². The van der Waals surface area contributed by atoms with Crippen molar-refractivity contribution in [1.29, 1.82) is 0 Å². The second-order valence-electron chi connectivity index (χ2n) is 5.62. The topological polar surface area (TPSA) is 123 Å². The zero-order valence-electron chi connectivity index (χ0n) is 13.1. The standard InChI is InChI=1S/C15H19N3O3.H2O/c1-5-9-6-10(13(19)20)11(16-7-9)12-17-14(21)15(4,18-12)8(2)3;/h6-8H,5H2,1-4H3,(H,19,20)(H,17,18,21);1H2. The van der Waals surface area contributed by atoms with Crippen molar-refractivity contribution in [2.45, 2.75) is 39.7 Å². The first-order valence-corrected chi connectivity index (χ1v) is 6.93. The van der Waals surface area contributed by atoms with E-state index in [2.05, 4.69) is 15.3 Å². The molecule has 1 amide bonds. The molecule has 1 aliphatic rings. The van der Waals surface area contributed by atoms with Gasteiger partial charge in [-0.05, 0) is 30.9 Å². The molecule has 0 aromatic carbocycles. The summed E-state index contributed by atoms with van der Waals surface area (Å²) < 4.78 is 0. The number of aromatic nitrogens is 1. The summed E-state index contributed by atoms with van der Waals surface area (Å²) in [6.45, 7) is 7.46. The number of carboxylic acids is 1. The number of pyridine rings is 1. The normalized spacial score (nSPS) is 20.4. The van der Waals surface area contributed by atoms with Crippen LogP contribution in [0.1, 0.15) is 49.3 Å². The van der Waals surface area contributed by atoms with Gasteiger partial charge in [0.2, 0.25) is 0 Å². The van der Waals surface area contributed by atoms with Crippen molar-refractivity contribution in [3.05, 3.63) is 29.1 Å². The largest absolute Gasteiger partial charge is 0.478 e. The lowest BCUT2D eigenvalue weighted by Gasteiger charge is -2.21. The minimum Gasteiger partial charge on any atom is -0.478 e. The number of hydrogen-bond donors (Lipinski definition) is 2. The number of carbonyl (C=O) groups excluding carboxylic acids is 1. The highest BCUT2D eigenvalue weighted by atomic mass is 16.4. The minimum atomic E-state index is -1.08. The molecule has 0 spiro atoms. The molecule has 1 aromatic heterocycles. The molecule has 120 valence electrons. The molecule has 7 heteroatoms. The molecule has 0 saturated carbocycles. The molecule has 0 saturated heterocycles. The molecule has 1 unspecified atom stereocenters. The van der Waals surface area contributed by atoms with E-state index in [0.717, 1.165) is 5.56 Å². The summed E-state index contributed by atoms with van der Waals surface area (Å²) >= 11 is 0. The van der Waals surface area contributed by atoms with Crippen molar-refractivity contribution < 1.29 is 20.2 Å². The van der Waals surface area contributed by atoms with Crippen LogP contribution in [0.3, 0.4) is 0 Å². The van der Waals surface area contributed by atoms with E-state index < -0.39 is 11.5 Å². The van der Waals surface area contributed by atoms with Gasteiger partial charge < -0.3 is 15.9 Å². The molecule has 4 N–H and O–H groups in total. The molecule has 0 bridgehead atoms. The summed E-state index contributed by atoms with van der Waals surface area (Å²) in [4.78, 5) is 32.1. The maximum Gasteiger partial charge on any atom is 0.338 e. The molecular weight excluding hydrogens is 286 g/mol. The quantitative estimate of drug-likeness (QED) is 0.854. The van der Waals surface area contributed by atoms with Crippen LogP contribution in [0.25, 0.3) is 0 Å². The van der Waals surface area contributed by atoms with Crippen molar-refractivity contribution in [1.82, 2.24) is 10.3 Å². The zero-order valence-corrected chi connectivity index (χ0v) is 13.1. The van der Waals surface area contributed by atoms with Crippen molar-refractivity contribution in [3.63, 3.8) is 0 Å². The Morgan fingerprint density at radius 1 is 1.45 bits per heavy atom. The number of nitrogens with one attached hydrogen (secondary N) is 1. The zero-order chi connectivity index (χ0) is 15.8. The van der Waals surface area contributed by atoms with Gasteiger partial charge in [-0.25, -0.2) is 9.79 Å². The molecule has 7 nitrogen and oxygen atoms in total. The van der Waals surface area contributed by atoms with E-state index in [1.54, 1.807) is 19.2 Å². The average molecular weight is 307 g/mol. The Bertz CT molecular complexity index is 640. The molecule has 1 atom stereocenters. The summed E-state index contributed by atoms with van der Waals surface area (Å²) in [6, 6.07) is 1.57. The molecule has 2 heterocycles. The molecule has 22 heavy (non-hydrogen) atoms. The van der Waals surface area contributed by atoms with Crippen LogP contribution < -0.4 is 5.32 Å². The Morgan fingerprint density at radius 3 is 2.55 bits per heavy atom. The van der Waals surface area contributed by atoms with Crippen molar-refractivity contribution in [2.24, 2.45) is 10.9 Å². The van der Waals surface area contributed by atoms with Gasteiger partial charge in [0.1, 0.15) is 11.2 Å². The van der Waals surface area contributed by atoms with E-state index in [0.29, 0.717) is 6.42 Å². The second kappa shape index (κ2) is 6.23. The molecule has 0 fully saturated rings. The number of nitrogens with zero attached hydrogens (tertiary/aromatic N) is 2. The van der Waals surface area contributed by atoms with Gasteiger partial charge in [-0.3, -0.25) is 9.78 Å². The molecule has 1 aliphatic heterocycles. The number of rotatable bonds is 4. The number of aryl methyl sites for hydroxylation is 1. The number of carbonyl (C=O) groups is 2. The van der Waals surface area contributed by atoms with E-state index in [4.69, 9.17) is 0 Å². The first kappa shape index (κ1) is 17.8. The van der Waals surface area contributed by atoms with Crippen molar-refractivity contribution in [3.8, 4) is 0 Å². The Morgan fingerprint density at radius 2 is 2.09 bits per heavy atom. The lowest BCUT2D eigenvalue weighted by molar-refractivity contribution is -0.124. The van der Waals surface area contributed by atoms with E-state index in [9.17, 15) is 14.7 Å². The SMILES string of the molecule is CCc1cnc(C2=NC(C)(C(C)C)C(=O)N2)c(C(=O)O)c1.O. The predicted molar refractivity (Wildman–Crippen MR) is 82.1 cm³/mol. The van der Waals surface area contributed by atoms with Gasteiger partial charge in [-0.2, -0.15) is 0 Å². The fourth-order valence-electron chi connectivity index (χ4n) is 2.10.